The molecule has 0 saturated heterocycles. The average molecular weight is 903 g/mol. The zero-order valence-corrected chi connectivity index (χ0v) is 44.6. The molecule has 5 rings (SSSR count). The van der Waals surface area contributed by atoms with E-state index in [0.717, 1.165) is 71.8 Å². The summed E-state index contributed by atoms with van der Waals surface area (Å²) in [6.45, 7) is 44.4. The van der Waals surface area contributed by atoms with Crippen LogP contribution in [0.25, 0.3) is 0 Å². The molecule has 0 aliphatic rings. The zero-order chi connectivity index (χ0) is 49.7. The van der Waals surface area contributed by atoms with Gasteiger partial charge in [-0.3, -0.25) is 0 Å². The lowest BCUT2D eigenvalue weighted by Gasteiger charge is -2.31. The summed E-state index contributed by atoms with van der Waals surface area (Å²) in [7, 11) is 0. The van der Waals surface area contributed by atoms with Crippen LogP contribution < -0.4 is 0 Å². The van der Waals surface area contributed by atoms with Crippen LogP contribution in [0, 0.1) is 34.6 Å². The van der Waals surface area contributed by atoms with Gasteiger partial charge in [0.05, 0.1) is 0 Å². The third kappa shape index (κ3) is 12.5. The van der Waals surface area contributed by atoms with Crippen molar-refractivity contribution >= 4 is 11.8 Å². The van der Waals surface area contributed by atoms with Crippen LogP contribution >= 0.6 is 11.8 Å². The number of rotatable bonds is 7. The van der Waals surface area contributed by atoms with Crippen LogP contribution in [0.5, 0.6) is 28.7 Å². The van der Waals surface area contributed by atoms with E-state index >= 15 is 0 Å². The average Bonchev–Trinajstić information content (AvgIpc) is 3.10. The first-order chi connectivity index (χ1) is 29.4. The molecule has 0 spiro atoms. The Hall–Kier alpha value is -4.55. The SMILES string of the molecule is Cc1cc(O)c(C(C)(C)C)cc1C(C)CC(c1cc(C(C)(C)C)c(O)cc1C)c1cc(C(C)(C)C)c(O)cc1C.Cc1cc(O)c(C(C)(C)C)cc1Sc1cc(C(C)(C)C)c(O)cc1C. The van der Waals surface area contributed by atoms with Crippen LogP contribution in [0.2, 0.25) is 0 Å². The van der Waals surface area contributed by atoms with E-state index in [1.54, 1.807) is 11.8 Å². The standard InChI is InChI=1S/C37H52O3.C22H30O2S/c1-21(25-18-29(35(5,6)7)32(38)15-22(25)2)14-28(26-19-30(36(8,9)10)33(39)16-23(26)3)27-20-31(37(11,12)13)34(40)17-24(27)4;1-13-9-17(23)15(21(3,4)5)11-19(13)25-20-12-16(22(6,7)8)18(24)10-14(20)2/h15-21,28,38-40H,14H2,1-13H3;9-12,23-24H,1-8H3. The van der Waals surface area contributed by atoms with Crippen molar-refractivity contribution in [2.75, 3.05) is 0 Å². The van der Waals surface area contributed by atoms with E-state index in [0.29, 0.717) is 28.7 Å². The van der Waals surface area contributed by atoms with Gasteiger partial charge in [0.15, 0.2) is 0 Å². The van der Waals surface area contributed by atoms with Crippen LogP contribution in [0.3, 0.4) is 0 Å². The minimum Gasteiger partial charge on any atom is -0.508 e. The van der Waals surface area contributed by atoms with E-state index in [1.165, 1.54) is 16.7 Å². The summed E-state index contributed by atoms with van der Waals surface area (Å²) < 4.78 is 0. The van der Waals surface area contributed by atoms with Crippen molar-refractivity contribution in [3.05, 3.63) is 133 Å². The molecule has 0 aliphatic carbocycles. The van der Waals surface area contributed by atoms with Gasteiger partial charge in [0.2, 0.25) is 0 Å². The Balaban J connectivity index is 0.000000317. The predicted molar refractivity (Wildman–Crippen MR) is 277 cm³/mol. The molecule has 0 aliphatic heterocycles. The summed E-state index contributed by atoms with van der Waals surface area (Å²) >= 11 is 1.70. The lowest BCUT2D eigenvalue weighted by molar-refractivity contribution is 0.443. The second-order valence-corrected chi connectivity index (χ2v) is 25.1. The Bertz CT molecular complexity index is 2390. The third-order valence-electron chi connectivity index (χ3n) is 12.9. The fourth-order valence-electron chi connectivity index (χ4n) is 9.00. The van der Waals surface area contributed by atoms with Crippen molar-refractivity contribution < 1.29 is 25.5 Å². The fourth-order valence-corrected chi connectivity index (χ4v) is 10.0. The van der Waals surface area contributed by atoms with Gasteiger partial charge in [0.25, 0.3) is 0 Å². The van der Waals surface area contributed by atoms with Crippen LogP contribution in [0.4, 0.5) is 0 Å². The maximum absolute atomic E-state index is 10.9. The highest BCUT2D eigenvalue weighted by atomic mass is 32.2. The second-order valence-electron chi connectivity index (χ2n) is 24.0. The molecule has 6 heteroatoms. The van der Waals surface area contributed by atoms with Crippen molar-refractivity contribution in [2.45, 2.75) is 201 Å². The maximum Gasteiger partial charge on any atom is 0.119 e. The molecule has 0 bridgehead atoms. The van der Waals surface area contributed by atoms with Gasteiger partial charge in [-0.05, 0) is 178 Å². The molecular formula is C59H82O5S. The molecule has 0 aromatic heterocycles. The highest BCUT2D eigenvalue weighted by Crippen LogP contribution is 2.47. The zero-order valence-electron chi connectivity index (χ0n) is 43.8. The van der Waals surface area contributed by atoms with E-state index in [1.807, 2.05) is 44.2 Å². The highest BCUT2D eigenvalue weighted by Gasteiger charge is 2.30. The van der Waals surface area contributed by atoms with Crippen molar-refractivity contribution in [1.29, 1.82) is 0 Å². The molecule has 0 saturated carbocycles. The first-order valence-electron chi connectivity index (χ1n) is 23.3. The highest BCUT2D eigenvalue weighted by molar-refractivity contribution is 7.99. The molecule has 5 nitrogen and oxygen atoms in total. The number of aryl methyl sites for hydroxylation is 5. The van der Waals surface area contributed by atoms with Gasteiger partial charge in [0.1, 0.15) is 28.7 Å². The normalized spacial score (nSPS) is 13.2. The van der Waals surface area contributed by atoms with Gasteiger partial charge in [-0.15, -0.1) is 0 Å². The van der Waals surface area contributed by atoms with Gasteiger partial charge in [-0.25, -0.2) is 0 Å². The van der Waals surface area contributed by atoms with E-state index in [-0.39, 0.29) is 38.9 Å². The topological polar surface area (TPSA) is 101 Å². The van der Waals surface area contributed by atoms with Crippen molar-refractivity contribution in [2.24, 2.45) is 0 Å². The fraction of sp³-hybridized carbons (Fsp3) is 0.492. The molecular weight excluding hydrogens is 821 g/mol. The van der Waals surface area contributed by atoms with Gasteiger partial charge in [0, 0.05) is 26.8 Å². The molecule has 0 amide bonds. The Morgan fingerprint density at radius 2 is 0.585 bits per heavy atom. The minimum absolute atomic E-state index is 0.0460. The summed E-state index contributed by atoms with van der Waals surface area (Å²) in [5.41, 5.74) is 12.9. The number of hydrogen-bond donors (Lipinski definition) is 5. The maximum atomic E-state index is 10.9. The van der Waals surface area contributed by atoms with Crippen molar-refractivity contribution in [3.63, 3.8) is 0 Å². The monoisotopic (exact) mass is 903 g/mol. The smallest absolute Gasteiger partial charge is 0.119 e. The number of benzene rings is 5. The molecule has 0 heterocycles. The summed E-state index contributed by atoms with van der Waals surface area (Å²) in [6, 6.07) is 20.2. The number of aromatic hydroxyl groups is 5. The van der Waals surface area contributed by atoms with Gasteiger partial charge < -0.3 is 25.5 Å². The van der Waals surface area contributed by atoms with E-state index in [9.17, 15) is 25.5 Å². The lowest BCUT2D eigenvalue weighted by atomic mass is 9.74. The summed E-state index contributed by atoms with van der Waals surface area (Å²) in [5.74, 6) is 1.98. The minimum atomic E-state index is -0.210. The lowest BCUT2D eigenvalue weighted by Crippen LogP contribution is -2.17. The Morgan fingerprint density at radius 1 is 0.354 bits per heavy atom. The third-order valence-corrected chi connectivity index (χ3v) is 14.2. The van der Waals surface area contributed by atoms with Crippen LogP contribution in [0.15, 0.2) is 70.5 Å². The molecule has 0 radical (unpaired) electrons. The molecule has 65 heavy (non-hydrogen) atoms. The molecule has 354 valence electrons. The van der Waals surface area contributed by atoms with Crippen LogP contribution in [-0.4, -0.2) is 25.5 Å². The molecule has 5 aromatic rings. The number of phenols is 5. The molecule has 5 aromatic carbocycles. The second kappa shape index (κ2) is 19.0. The predicted octanol–water partition coefficient (Wildman–Crippen LogP) is 16.4. The van der Waals surface area contributed by atoms with Crippen LogP contribution in [0.1, 0.15) is 201 Å². The van der Waals surface area contributed by atoms with E-state index in [4.69, 9.17) is 0 Å². The molecule has 1 atom stereocenters. The largest absolute Gasteiger partial charge is 0.508 e. The van der Waals surface area contributed by atoms with Gasteiger partial charge >= 0.3 is 0 Å². The summed E-state index contributed by atoms with van der Waals surface area (Å²) in [5, 5.41) is 53.2. The first-order valence-corrected chi connectivity index (χ1v) is 24.1. The van der Waals surface area contributed by atoms with Crippen LogP contribution in [-0.2, 0) is 27.1 Å². The van der Waals surface area contributed by atoms with Gasteiger partial charge in [-0.1, -0.05) is 141 Å². The summed E-state index contributed by atoms with van der Waals surface area (Å²) in [4.78, 5) is 2.27. The Kier molecular flexibility index (Phi) is 15.5. The van der Waals surface area contributed by atoms with Gasteiger partial charge in [-0.2, -0.15) is 0 Å². The molecule has 5 N–H and O–H groups in total. The molecule has 1 unspecified atom stereocenters. The van der Waals surface area contributed by atoms with E-state index < -0.39 is 0 Å². The Morgan fingerprint density at radius 3 is 0.862 bits per heavy atom. The number of hydrogen-bond acceptors (Lipinski definition) is 6. The Labute approximate surface area is 397 Å². The van der Waals surface area contributed by atoms with Crippen molar-refractivity contribution in [3.8, 4) is 28.7 Å². The molecule has 0 fully saturated rings. The van der Waals surface area contributed by atoms with E-state index in [2.05, 4.69) is 162 Å². The first kappa shape index (κ1) is 53.1. The van der Waals surface area contributed by atoms with Crippen molar-refractivity contribution in [1.82, 2.24) is 0 Å². The summed E-state index contributed by atoms with van der Waals surface area (Å²) in [6.07, 6.45) is 0.847. The number of phenolic OH excluding ortho intramolecular Hbond substituents is 5. The quantitative estimate of drug-likeness (QED) is 0.112.